The van der Waals surface area contributed by atoms with Crippen molar-refractivity contribution in [3.05, 3.63) is 53.4 Å². The summed E-state index contributed by atoms with van der Waals surface area (Å²) in [6, 6.07) is 10.5. The van der Waals surface area contributed by atoms with Gasteiger partial charge in [0, 0.05) is 70.7 Å². The standard InChI is InChI=1S/C27H32N8O/c1-18-15-35(24-5-3-20(13-28)26-27(24)30-8-7-29-26)17-21(36-18)16-33-9-11-34(12-10-33)25-6-4-22-19(2)31-14-23(22)32-25/h3-8,18-19,21,31H,9-12,14-17H2,1-2H3/t18-,19+,21+/m1/s1/i7D,8D. The van der Waals surface area contributed by atoms with E-state index in [1.165, 1.54) is 11.3 Å². The van der Waals surface area contributed by atoms with Crippen LogP contribution in [0.3, 0.4) is 0 Å². The minimum atomic E-state index is -0.222. The molecule has 0 amide bonds. The Morgan fingerprint density at radius 1 is 1.06 bits per heavy atom. The van der Waals surface area contributed by atoms with Gasteiger partial charge in [0.15, 0.2) is 0 Å². The minimum Gasteiger partial charge on any atom is -0.370 e. The fraction of sp³-hybridized carbons (Fsp3) is 0.481. The number of benzene rings is 1. The zero-order valence-corrected chi connectivity index (χ0v) is 20.7. The Morgan fingerprint density at radius 3 is 2.67 bits per heavy atom. The maximum absolute atomic E-state index is 9.53. The van der Waals surface area contributed by atoms with Gasteiger partial charge in [-0.3, -0.25) is 14.9 Å². The topological polar surface area (TPSA) is 93.4 Å². The van der Waals surface area contributed by atoms with Crippen LogP contribution in [0.2, 0.25) is 0 Å². The fourth-order valence-electron chi connectivity index (χ4n) is 5.66. The quantitative estimate of drug-likeness (QED) is 0.597. The van der Waals surface area contributed by atoms with E-state index in [9.17, 15) is 5.26 Å². The van der Waals surface area contributed by atoms with Crippen LogP contribution in [0.4, 0.5) is 11.5 Å². The Balaban J connectivity index is 1.13. The van der Waals surface area contributed by atoms with E-state index in [0.29, 0.717) is 35.7 Å². The van der Waals surface area contributed by atoms with Crippen LogP contribution < -0.4 is 15.1 Å². The van der Waals surface area contributed by atoms with Crippen LogP contribution >= 0.6 is 0 Å². The lowest BCUT2D eigenvalue weighted by molar-refractivity contribution is -0.0327. The molecular weight excluding hydrogens is 452 g/mol. The first-order valence-electron chi connectivity index (χ1n) is 13.7. The van der Waals surface area contributed by atoms with Gasteiger partial charge in [-0.15, -0.1) is 0 Å². The number of hydrogen-bond donors (Lipinski definition) is 1. The summed E-state index contributed by atoms with van der Waals surface area (Å²) in [5.41, 5.74) is 4.54. The van der Waals surface area contributed by atoms with E-state index in [-0.39, 0.29) is 24.6 Å². The van der Waals surface area contributed by atoms with Crippen molar-refractivity contribution in [2.75, 3.05) is 55.6 Å². The average molecular weight is 487 g/mol. The highest BCUT2D eigenvalue weighted by Crippen LogP contribution is 2.29. The molecule has 186 valence electrons. The molecule has 0 unspecified atom stereocenters. The summed E-state index contributed by atoms with van der Waals surface area (Å²) in [6.07, 6.45) is -0.375. The highest BCUT2D eigenvalue weighted by Gasteiger charge is 2.30. The minimum absolute atomic E-state index is 0.0144. The van der Waals surface area contributed by atoms with Crippen LogP contribution in [-0.2, 0) is 11.3 Å². The van der Waals surface area contributed by atoms with Crippen molar-refractivity contribution in [2.24, 2.45) is 0 Å². The first kappa shape index (κ1) is 20.8. The molecule has 2 aromatic heterocycles. The van der Waals surface area contributed by atoms with Crippen molar-refractivity contribution in [1.82, 2.24) is 25.2 Å². The average Bonchev–Trinajstić information content (AvgIpc) is 3.29. The smallest absolute Gasteiger partial charge is 0.128 e. The molecule has 6 rings (SSSR count). The molecule has 2 saturated heterocycles. The molecule has 3 atom stereocenters. The van der Waals surface area contributed by atoms with Crippen molar-refractivity contribution < 1.29 is 7.48 Å². The summed E-state index contributed by atoms with van der Waals surface area (Å²) in [5, 5.41) is 13.0. The van der Waals surface area contributed by atoms with Crippen LogP contribution in [0.1, 0.15) is 39.5 Å². The van der Waals surface area contributed by atoms with Gasteiger partial charge in [-0.2, -0.15) is 5.26 Å². The second-order valence-corrected chi connectivity index (χ2v) is 9.96. The first-order valence-corrected chi connectivity index (χ1v) is 12.7. The van der Waals surface area contributed by atoms with Gasteiger partial charge in [-0.1, -0.05) is 6.07 Å². The molecule has 0 spiro atoms. The largest absolute Gasteiger partial charge is 0.370 e. The van der Waals surface area contributed by atoms with Crippen molar-refractivity contribution >= 4 is 22.5 Å². The predicted octanol–water partition coefficient (Wildman–Crippen LogP) is 2.48. The van der Waals surface area contributed by atoms with Gasteiger partial charge in [0.05, 0.1) is 31.9 Å². The van der Waals surface area contributed by atoms with Crippen molar-refractivity contribution in [1.29, 1.82) is 5.26 Å². The monoisotopic (exact) mass is 486 g/mol. The zero-order valence-electron chi connectivity index (χ0n) is 22.7. The normalized spacial score (nSPS) is 25.4. The molecule has 1 N–H and O–H groups in total. The number of pyridine rings is 1. The lowest BCUT2D eigenvalue weighted by Gasteiger charge is -2.42. The predicted molar refractivity (Wildman–Crippen MR) is 139 cm³/mol. The highest BCUT2D eigenvalue weighted by atomic mass is 16.5. The number of anilines is 2. The molecule has 3 aliphatic heterocycles. The van der Waals surface area contributed by atoms with E-state index in [1.807, 2.05) is 6.07 Å². The number of nitrogens with zero attached hydrogens (tertiary/aromatic N) is 7. The number of piperazine rings is 1. The van der Waals surface area contributed by atoms with Crippen LogP contribution in [-0.4, -0.2) is 77.9 Å². The summed E-state index contributed by atoms with van der Waals surface area (Å²) in [5.74, 6) is 1.06. The van der Waals surface area contributed by atoms with Gasteiger partial charge < -0.3 is 19.9 Å². The van der Waals surface area contributed by atoms with Gasteiger partial charge in [-0.25, -0.2) is 4.98 Å². The molecule has 2 fully saturated rings. The molecule has 3 aliphatic rings. The molecule has 0 bridgehead atoms. The van der Waals surface area contributed by atoms with Gasteiger partial charge >= 0.3 is 0 Å². The molecule has 3 aromatic rings. The summed E-state index contributed by atoms with van der Waals surface area (Å²) in [4.78, 5) is 20.5. The Labute approximate surface area is 214 Å². The lowest BCUT2D eigenvalue weighted by atomic mass is 10.1. The van der Waals surface area contributed by atoms with Crippen molar-refractivity contribution in [2.45, 2.75) is 38.6 Å². The van der Waals surface area contributed by atoms with Crippen LogP contribution in [0.15, 0.2) is 36.6 Å². The van der Waals surface area contributed by atoms with Crippen molar-refractivity contribution in [3.63, 3.8) is 0 Å². The Morgan fingerprint density at radius 2 is 1.86 bits per heavy atom. The SMILES string of the molecule is [2H]c1nc2c(C#N)ccc(N3C[C@H](CN4CCN(c5ccc6c(n5)CN[C@H]6C)CC4)O[C@H](C)C3)c2nc1[2H]. The fourth-order valence-corrected chi connectivity index (χ4v) is 5.66. The summed E-state index contributed by atoms with van der Waals surface area (Å²) in [6.45, 7) is 11.0. The van der Waals surface area contributed by atoms with E-state index in [1.54, 1.807) is 6.07 Å². The second kappa shape index (κ2) is 9.62. The molecular formula is C27H32N8O. The number of aromatic nitrogens is 3. The molecule has 0 radical (unpaired) electrons. The highest BCUT2D eigenvalue weighted by molar-refractivity contribution is 5.92. The second-order valence-electron chi connectivity index (χ2n) is 9.96. The maximum atomic E-state index is 9.53. The van der Waals surface area contributed by atoms with E-state index in [0.717, 1.165) is 50.8 Å². The third-order valence-corrected chi connectivity index (χ3v) is 7.50. The molecule has 1 aromatic carbocycles. The zero-order chi connectivity index (χ0) is 26.4. The molecule has 9 heteroatoms. The van der Waals surface area contributed by atoms with Crippen molar-refractivity contribution in [3.8, 4) is 6.07 Å². The van der Waals surface area contributed by atoms with E-state index >= 15 is 0 Å². The third kappa shape index (κ3) is 4.37. The number of nitrogens with one attached hydrogen (secondary N) is 1. The Hall–Kier alpha value is -3.32. The number of ether oxygens (including phenoxy) is 1. The molecule has 9 nitrogen and oxygen atoms in total. The molecule has 0 aliphatic carbocycles. The third-order valence-electron chi connectivity index (χ3n) is 7.50. The van der Waals surface area contributed by atoms with Gasteiger partial charge in [-0.05, 0) is 37.6 Å². The summed E-state index contributed by atoms with van der Waals surface area (Å²) in [7, 11) is 0. The summed E-state index contributed by atoms with van der Waals surface area (Å²) < 4.78 is 22.2. The number of morpholine rings is 1. The van der Waals surface area contributed by atoms with Crippen LogP contribution in [0.5, 0.6) is 0 Å². The Bertz CT molecular complexity index is 1400. The van der Waals surface area contributed by atoms with Crippen LogP contribution in [0, 0.1) is 11.3 Å². The number of nitriles is 1. The Kier molecular flexibility index (Phi) is 5.57. The molecule has 36 heavy (non-hydrogen) atoms. The first-order chi connectivity index (χ1) is 18.4. The van der Waals surface area contributed by atoms with E-state index in [4.69, 9.17) is 12.5 Å². The number of hydrogen-bond acceptors (Lipinski definition) is 9. The molecule has 0 saturated carbocycles. The number of rotatable bonds is 4. The lowest BCUT2D eigenvalue weighted by Crippen LogP contribution is -2.54. The van der Waals surface area contributed by atoms with E-state index < -0.39 is 0 Å². The van der Waals surface area contributed by atoms with Gasteiger partial charge in [0.25, 0.3) is 0 Å². The van der Waals surface area contributed by atoms with Crippen LogP contribution in [0.25, 0.3) is 11.0 Å². The molecule has 5 heterocycles. The summed E-state index contributed by atoms with van der Waals surface area (Å²) >= 11 is 0. The van der Waals surface area contributed by atoms with Gasteiger partial charge in [0.2, 0.25) is 0 Å². The number of fused-ring (bicyclic) bond motifs is 2. The van der Waals surface area contributed by atoms with Gasteiger partial charge in [0.1, 0.15) is 22.9 Å². The maximum Gasteiger partial charge on any atom is 0.128 e. The van der Waals surface area contributed by atoms with E-state index in [2.05, 4.69) is 62.0 Å².